The summed E-state index contributed by atoms with van der Waals surface area (Å²) in [6, 6.07) is 17.5. The first kappa shape index (κ1) is 18.7. The first-order valence-corrected chi connectivity index (χ1v) is 11.9. The van der Waals surface area contributed by atoms with E-state index in [2.05, 4.69) is 76.9 Å². The number of nitrogens with zero attached hydrogens (tertiary/aromatic N) is 1. The third-order valence-corrected chi connectivity index (χ3v) is 6.93. The van der Waals surface area contributed by atoms with E-state index in [0.29, 0.717) is 0 Å². The maximum atomic E-state index is 3.41. The lowest BCUT2D eigenvalue weighted by molar-refractivity contribution is 0.321. The number of fused-ring (bicyclic) bond motifs is 1. The van der Waals surface area contributed by atoms with Gasteiger partial charge >= 0.3 is 0 Å². The fourth-order valence-electron chi connectivity index (χ4n) is 3.61. The van der Waals surface area contributed by atoms with Crippen LogP contribution in [0.5, 0.6) is 0 Å². The van der Waals surface area contributed by atoms with E-state index in [4.69, 9.17) is 0 Å². The van der Waals surface area contributed by atoms with E-state index in [9.17, 15) is 0 Å². The minimum atomic E-state index is 1.08. The Morgan fingerprint density at radius 2 is 2.00 bits per heavy atom. The van der Waals surface area contributed by atoms with Crippen LogP contribution in [-0.4, -0.2) is 41.5 Å². The van der Waals surface area contributed by atoms with E-state index in [1.807, 2.05) is 23.5 Å². The second-order valence-electron chi connectivity index (χ2n) is 6.92. The molecule has 0 aliphatic carbocycles. The van der Waals surface area contributed by atoms with Gasteiger partial charge in [-0.3, -0.25) is 4.90 Å². The Bertz CT molecular complexity index is 915. The molecule has 0 unspecified atom stereocenters. The Morgan fingerprint density at radius 3 is 2.78 bits per heavy atom. The molecule has 2 nitrogen and oxygen atoms in total. The molecule has 27 heavy (non-hydrogen) atoms. The van der Waals surface area contributed by atoms with Crippen LogP contribution in [0.15, 0.2) is 65.7 Å². The van der Waals surface area contributed by atoms with Gasteiger partial charge in [0.2, 0.25) is 0 Å². The molecule has 0 spiro atoms. The molecule has 1 aliphatic rings. The van der Waals surface area contributed by atoms with Crippen molar-refractivity contribution in [3.63, 3.8) is 0 Å². The summed E-state index contributed by atoms with van der Waals surface area (Å²) in [6.07, 6.45) is 7.89. The Hall–Kier alpha value is -1.62. The molecule has 2 aromatic carbocycles. The van der Waals surface area contributed by atoms with Crippen LogP contribution in [0.25, 0.3) is 16.5 Å². The summed E-state index contributed by atoms with van der Waals surface area (Å²) in [7, 11) is 0. The number of aromatic nitrogens is 1. The van der Waals surface area contributed by atoms with E-state index in [0.717, 1.165) is 18.7 Å². The van der Waals surface area contributed by atoms with Gasteiger partial charge < -0.3 is 4.98 Å². The highest BCUT2D eigenvalue weighted by atomic mass is 32.2. The molecule has 4 heteroatoms. The Balaban J connectivity index is 1.26. The first-order valence-electron chi connectivity index (χ1n) is 9.52. The number of hydrogen-bond acceptors (Lipinski definition) is 3. The number of H-pyrrole nitrogens is 1. The van der Waals surface area contributed by atoms with Crippen molar-refractivity contribution in [3.05, 3.63) is 71.9 Å². The molecule has 0 radical (unpaired) electrons. The van der Waals surface area contributed by atoms with E-state index >= 15 is 0 Å². The molecule has 4 rings (SSSR count). The zero-order valence-electron chi connectivity index (χ0n) is 15.8. The molecule has 2 heterocycles. The smallest absolute Gasteiger partial charge is 0.0457 e. The average Bonchev–Trinajstić information content (AvgIpc) is 3.14. The summed E-state index contributed by atoms with van der Waals surface area (Å²) < 4.78 is 0. The maximum Gasteiger partial charge on any atom is 0.0457 e. The summed E-state index contributed by atoms with van der Waals surface area (Å²) in [6.45, 7) is 3.42. The van der Waals surface area contributed by atoms with Crippen LogP contribution in [0.2, 0.25) is 0 Å². The van der Waals surface area contributed by atoms with E-state index in [-0.39, 0.29) is 0 Å². The van der Waals surface area contributed by atoms with Gasteiger partial charge in [0, 0.05) is 53.1 Å². The molecule has 0 atom stereocenters. The van der Waals surface area contributed by atoms with Crippen LogP contribution >= 0.6 is 23.5 Å². The zero-order chi connectivity index (χ0) is 18.5. The minimum absolute atomic E-state index is 1.08. The molecule has 1 aliphatic heterocycles. The van der Waals surface area contributed by atoms with Crippen LogP contribution in [0, 0.1) is 0 Å². The highest BCUT2D eigenvalue weighted by molar-refractivity contribution is 7.98. The van der Waals surface area contributed by atoms with Gasteiger partial charge in [-0.15, -0.1) is 11.8 Å². The maximum absolute atomic E-state index is 3.41. The average molecular weight is 395 g/mol. The third kappa shape index (κ3) is 4.63. The summed E-state index contributed by atoms with van der Waals surface area (Å²) in [5, 5.41) is 1.38. The lowest BCUT2D eigenvalue weighted by Crippen LogP contribution is -2.30. The van der Waals surface area contributed by atoms with Crippen LogP contribution in [0.4, 0.5) is 0 Å². The number of nitrogens with one attached hydrogen (secondary N) is 1. The molecule has 0 saturated heterocycles. The Morgan fingerprint density at radius 1 is 1.11 bits per heavy atom. The van der Waals surface area contributed by atoms with Crippen LogP contribution in [-0.2, 0) is 5.75 Å². The molecule has 1 N–H and O–H groups in total. The molecular formula is C23H26N2S2. The molecule has 0 fully saturated rings. The van der Waals surface area contributed by atoms with E-state index < -0.39 is 0 Å². The quantitative estimate of drug-likeness (QED) is 0.397. The van der Waals surface area contributed by atoms with Crippen molar-refractivity contribution >= 4 is 40.0 Å². The van der Waals surface area contributed by atoms with E-state index in [1.165, 1.54) is 51.3 Å². The molecule has 0 bridgehead atoms. The summed E-state index contributed by atoms with van der Waals surface area (Å²) in [5.74, 6) is 2.26. The van der Waals surface area contributed by atoms with Crippen molar-refractivity contribution in [2.45, 2.75) is 17.1 Å². The van der Waals surface area contributed by atoms with Crippen molar-refractivity contribution in [1.82, 2.24) is 9.88 Å². The predicted molar refractivity (Wildman–Crippen MR) is 122 cm³/mol. The van der Waals surface area contributed by atoms with Gasteiger partial charge in [0.15, 0.2) is 0 Å². The molecule has 140 valence electrons. The number of hydrogen-bond donors (Lipinski definition) is 1. The van der Waals surface area contributed by atoms with Gasteiger partial charge in [-0.05, 0) is 47.6 Å². The number of thioether (sulfide) groups is 2. The Kier molecular flexibility index (Phi) is 6.28. The van der Waals surface area contributed by atoms with Crippen LogP contribution < -0.4 is 0 Å². The fraction of sp³-hybridized carbons (Fsp3) is 0.304. The topological polar surface area (TPSA) is 19.0 Å². The monoisotopic (exact) mass is 394 g/mol. The van der Waals surface area contributed by atoms with Gasteiger partial charge in [0.05, 0.1) is 0 Å². The van der Waals surface area contributed by atoms with Crippen molar-refractivity contribution in [2.24, 2.45) is 0 Å². The van der Waals surface area contributed by atoms with Crippen molar-refractivity contribution in [1.29, 1.82) is 0 Å². The van der Waals surface area contributed by atoms with Gasteiger partial charge in [-0.25, -0.2) is 0 Å². The predicted octanol–water partition coefficient (Wildman–Crippen LogP) is 5.91. The molecule has 0 saturated carbocycles. The zero-order valence-corrected chi connectivity index (χ0v) is 17.4. The molecule has 0 amide bonds. The summed E-state index contributed by atoms with van der Waals surface area (Å²) in [4.78, 5) is 7.32. The largest absolute Gasteiger partial charge is 0.361 e. The van der Waals surface area contributed by atoms with Crippen LogP contribution in [0.1, 0.15) is 17.5 Å². The van der Waals surface area contributed by atoms with Gasteiger partial charge in [0.1, 0.15) is 0 Å². The highest BCUT2D eigenvalue weighted by Gasteiger charge is 2.12. The van der Waals surface area contributed by atoms with Crippen molar-refractivity contribution < 1.29 is 0 Å². The minimum Gasteiger partial charge on any atom is -0.361 e. The second kappa shape index (κ2) is 9.05. The summed E-state index contributed by atoms with van der Waals surface area (Å²) in [5.41, 5.74) is 5.56. The van der Waals surface area contributed by atoms with Gasteiger partial charge in [0.25, 0.3) is 0 Å². The SMILES string of the molecule is CSc1ccc2[nH]cc(CSCCN3CC=C(c4ccccc4)CC3)c2c1. The fourth-order valence-corrected chi connectivity index (χ4v) is 5.04. The molecular weight excluding hydrogens is 368 g/mol. The number of benzene rings is 2. The molecule has 3 aromatic rings. The lowest BCUT2D eigenvalue weighted by Gasteiger charge is -2.26. The van der Waals surface area contributed by atoms with Gasteiger partial charge in [-0.2, -0.15) is 11.8 Å². The normalized spacial score (nSPS) is 15.2. The number of aromatic amines is 1. The first-order chi connectivity index (χ1) is 13.3. The second-order valence-corrected chi connectivity index (χ2v) is 8.91. The Labute approximate surface area is 170 Å². The van der Waals surface area contributed by atoms with Gasteiger partial charge in [-0.1, -0.05) is 36.4 Å². The summed E-state index contributed by atoms with van der Waals surface area (Å²) >= 11 is 3.85. The van der Waals surface area contributed by atoms with Crippen molar-refractivity contribution in [3.8, 4) is 0 Å². The third-order valence-electron chi connectivity index (χ3n) is 5.22. The van der Waals surface area contributed by atoms with Crippen molar-refractivity contribution in [2.75, 3.05) is 31.6 Å². The highest BCUT2D eigenvalue weighted by Crippen LogP contribution is 2.27. The standard InChI is InChI=1S/C23H26N2S2/c1-26-21-7-8-23-22(15-21)20(16-24-23)17-27-14-13-25-11-9-19(10-12-25)18-5-3-2-4-6-18/h2-9,15-16,24H,10-14,17H2,1H3. The lowest BCUT2D eigenvalue weighted by atomic mass is 10.00. The number of rotatable bonds is 7. The van der Waals surface area contributed by atoms with Crippen LogP contribution in [0.3, 0.4) is 0 Å². The molecule has 1 aromatic heterocycles. The van der Waals surface area contributed by atoms with E-state index in [1.54, 1.807) is 0 Å².